The topological polar surface area (TPSA) is 42.1 Å². The Morgan fingerprint density at radius 3 is 2.43 bits per heavy atom. The lowest BCUT2D eigenvalue weighted by Gasteiger charge is -2.22. The SMILES string of the molecule is Cc1nc(C(CCN)N(C)C)c(C)s1. The predicted octanol–water partition coefficient (Wildman–Crippen LogP) is 1.71. The normalized spacial score (nSPS) is 13.6. The van der Waals surface area contributed by atoms with Crippen molar-refractivity contribution < 1.29 is 0 Å². The second kappa shape index (κ2) is 4.87. The minimum absolute atomic E-state index is 0.366. The number of nitrogens with zero attached hydrogens (tertiary/aromatic N) is 2. The highest BCUT2D eigenvalue weighted by atomic mass is 32.1. The molecule has 1 aromatic rings. The molecule has 0 aliphatic heterocycles. The molecule has 0 saturated heterocycles. The van der Waals surface area contributed by atoms with Crippen molar-refractivity contribution in [3.63, 3.8) is 0 Å². The van der Waals surface area contributed by atoms with Crippen molar-refractivity contribution in [1.29, 1.82) is 0 Å². The van der Waals surface area contributed by atoms with Crippen LogP contribution in [0.1, 0.15) is 28.0 Å². The van der Waals surface area contributed by atoms with Crippen molar-refractivity contribution >= 4 is 11.3 Å². The third kappa shape index (κ3) is 2.53. The number of aromatic nitrogens is 1. The van der Waals surface area contributed by atoms with E-state index in [0.29, 0.717) is 12.6 Å². The third-order valence-corrected chi connectivity index (χ3v) is 3.22. The van der Waals surface area contributed by atoms with E-state index in [1.165, 1.54) is 10.6 Å². The highest BCUT2D eigenvalue weighted by molar-refractivity contribution is 7.11. The van der Waals surface area contributed by atoms with Crippen molar-refractivity contribution in [3.05, 3.63) is 15.6 Å². The Morgan fingerprint density at radius 1 is 1.43 bits per heavy atom. The van der Waals surface area contributed by atoms with E-state index in [-0.39, 0.29) is 0 Å². The lowest BCUT2D eigenvalue weighted by atomic mass is 10.1. The van der Waals surface area contributed by atoms with Gasteiger partial charge in [-0.05, 0) is 40.9 Å². The molecule has 2 N–H and O–H groups in total. The lowest BCUT2D eigenvalue weighted by molar-refractivity contribution is 0.281. The predicted molar refractivity (Wildman–Crippen MR) is 61.7 cm³/mol. The molecule has 1 heterocycles. The maximum Gasteiger partial charge on any atom is 0.0900 e. The largest absolute Gasteiger partial charge is 0.330 e. The molecule has 1 aromatic heterocycles. The molecular formula is C10H19N3S. The first-order chi connectivity index (χ1) is 6.56. The van der Waals surface area contributed by atoms with Gasteiger partial charge >= 0.3 is 0 Å². The maximum atomic E-state index is 5.61. The molecule has 80 valence electrons. The van der Waals surface area contributed by atoms with Gasteiger partial charge in [0.2, 0.25) is 0 Å². The molecule has 0 saturated carbocycles. The van der Waals surface area contributed by atoms with Crippen LogP contribution in [0.2, 0.25) is 0 Å². The third-order valence-electron chi connectivity index (χ3n) is 2.32. The number of aryl methyl sites for hydroxylation is 2. The fourth-order valence-electron chi connectivity index (χ4n) is 1.65. The zero-order chi connectivity index (χ0) is 10.7. The van der Waals surface area contributed by atoms with Crippen LogP contribution in [-0.4, -0.2) is 30.5 Å². The summed E-state index contributed by atoms with van der Waals surface area (Å²) in [5, 5.41) is 1.14. The first-order valence-electron chi connectivity index (χ1n) is 4.86. The summed E-state index contributed by atoms with van der Waals surface area (Å²) in [7, 11) is 4.16. The molecule has 0 radical (unpaired) electrons. The number of rotatable bonds is 4. The van der Waals surface area contributed by atoms with Crippen LogP contribution in [0, 0.1) is 13.8 Å². The van der Waals surface area contributed by atoms with Crippen molar-refractivity contribution in [2.45, 2.75) is 26.3 Å². The van der Waals surface area contributed by atoms with Crippen LogP contribution in [0.25, 0.3) is 0 Å². The number of nitrogens with two attached hydrogens (primary N) is 1. The smallest absolute Gasteiger partial charge is 0.0900 e. The molecule has 0 aliphatic carbocycles. The molecule has 14 heavy (non-hydrogen) atoms. The standard InChI is InChI=1S/C10H19N3S/c1-7-10(12-8(2)14-7)9(5-6-11)13(3)4/h9H,5-6,11H2,1-4H3. The van der Waals surface area contributed by atoms with E-state index in [2.05, 4.69) is 37.8 Å². The molecule has 0 aliphatic rings. The van der Waals surface area contributed by atoms with Crippen LogP contribution < -0.4 is 5.73 Å². The van der Waals surface area contributed by atoms with Gasteiger partial charge in [0, 0.05) is 4.88 Å². The highest BCUT2D eigenvalue weighted by Gasteiger charge is 2.18. The Balaban J connectivity index is 2.92. The van der Waals surface area contributed by atoms with Crippen LogP contribution in [0.5, 0.6) is 0 Å². The first-order valence-corrected chi connectivity index (χ1v) is 5.68. The van der Waals surface area contributed by atoms with Crippen molar-refractivity contribution in [1.82, 2.24) is 9.88 Å². The van der Waals surface area contributed by atoms with Crippen LogP contribution in [0.15, 0.2) is 0 Å². The highest BCUT2D eigenvalue weighted by Crippen LogP contribution is 2.27. The minimum atomic E-state index is 0.366. The van der Waals surface area contributed by atoms with Gasteiger partial charge in [-0.1, -0.05) is 0 Å². The Kier molecular flexibility index (Phi) is 4.04. The molecule has 1 atom stereocenters. The van der Waals surface area contributed by atoms with Gasteiger partial charge in [-0.3, -0.25) is 0 Å². The molecule has 1 rings (SSSR count). The fraction of sp³-hybridized carbons (Fsp3) is 0.700. The van der Waals surface area contributed by atoms with Gasteiger partial charge < -0.3 is 10.6 Å². The van der Waals surface area contributed by atoms with Crippen molar-refractivity contribution in [3.8, 4) is 0 Å². The zero-order valence-electron chi connectivity index (χ0n) is 9.37. The second-order valence-corrected chi connectivity index (χ2v) is 5.14. The summed E-state index contributed by atoms with van der Waals surface area (Å²) < 4.78 is 0. The summed E-state index contributed by atoms with van der Waals surface area (Å²) >= 11 is 1.76. The summed E-state index contributed by atoms with van der Waals surface area (Å²) in [5.41, 5.74) is 6.81. The van der Waals surface area contributed by atoms with E-state index in [9.17, 15) is 0 Å². The second-order valence-electron chi connectivity index (χ2n) is 3.73. The Bertz CT molecular complexity index is 294. The fourth-order valence-corrected chi connectivity index (χ4v) is 2.52. The summed E-state index contributed by atoms with van der Waals surface area (Å²) in [6.07, 6.45) is 0.969. The molecule has 0 bridgehead atoms. The lowest BCUT2D eigenvalue weighted by Crippen LogP contribution is -2.23. The van der Waals surface area contributed by atoms with E-state index >= 15 is 0 Å². The van der Waals surface area contributed by atoms with E-state index in [4.69, 9.17) is 5.73 Å². The molecule has 3 nitrogen and oxygen atoms in total. The summed E-state index contributed by atoms with van der Waals surface area (Å²) in [6.45, 7) is 4.89. The van der Waals surface area contributed by atoms with Gasteiger partial charge in [-0.25, -0.2) is 4.98 Å². The molecular weight excluding hydrogens is 194 g/mol. The van der Waals surface area contributed by atoms with E-state index in [1.54, 1.807) is 11.3 Å². The maximum absolute atomic E-state index is 5.61. The van der Waals surface area contributed by atoms with E-state index < -0.39 is 0 Å². The summed E-state index contributed by atoms with van der Waals surface area (Å²) in [5.74, 6) is 0. The monoisotopic (exact) mass is 213 g/mol. The molecule has 0 aromatic carbocycles. The van der Waals surface area contributed by atoms with Gasteiger partial charge in [-0.2, -0.15) is 0 Å². The van der Waals surface area contributed by atoms with Crippen LogP contribution in [0.3, 0.4) is 0 Å². The zero-order valence-corrected chi connectivity index (χ0v) is 10.2. The molecule has 0 spiro atoms. The number of hydrogen-bond donors (Lipinski definition) is 1. The Morgan fingerprint density at radius 2 is 2.07 bits per heavy atom. The van der Waals surface area contributed by atoms with Gasteiger partial charge in [-0.15, -0.1) is 11.3 Å². The van der Waals surface area contributed by atoms with Gasteiger partial charge in [0.05, 0.1) is 16.7 Å². The molecule has 4 heteroatoms. The van der Waals surface area contributed by atoms with Crippen LogP contribution in [-0.2, 0) is 0 Å². The Labute approximate surface area is 89.9 Å². The first kappa shape index (κ1) is 11.6. The minimum Gasteiger partial charge on any atom is -0.330 e. The Hall–Kier alpha value is -0.450. The van der Waals surface area contributed by atoms with Crippen LogP contribution >= 0.6 is 11.3 Å². The summed E-state index contributed by atoms with van der Waals surface area (Å²) in [4.78, 5) is 8.08. The number of thiazole rings is 1. The van der Waals surface area contributed by atoms with E-state index in [0.717, 1.165) is 11.4 Å². The van der Waals surface area contributed by atoms with Crippen molar-refractivity contribution in [2.75, 3.05) is 20.6 Å². The average Bonchev–Trinajstić information content (AvgIpc) is 2.40. The quantitative estimate of drug-likeness (QED) is 0.828. The van der Waals surface area contributed by atoms with Crippen molar-refractivity contribution in [2.24, 2.45) is 5.73 Å². The van der Waals surface area contributed by atoms with Crippen LogP contribution in [0.4, 0.5) is 0 Å². The molecule has 0 fully saturated rings. The summed E-state index contributed by atoms with van der Waals surface area (Å²) in [6, 6.07) is 0.366. The molecule has 0 amide bonds. The number of hydrogen-bond acceptors (Lipinski definition) is 4. The van der Waals surface area contributed by atoms with Gasteiger partial charge in [0.25, 0.3) is 0 Å². The van der Waals surface area contributed by atoms with E-state index in [1.807, 2.05) is 0 Å². The average molecular weight is 213 g/mol. The molecule has 1 unspecified atom stereocenters. The van der Waals surface area contributed by atoms with Gasteiger partial charge in [0.1, 0.15) is 0 Å². The van der Waals surface area contributed by atoms with Gasteiger partial charge in [0.15, 0.2) is 0 Å².